The van der Waals surface area contributed by atoms with Crippen molar-refractivity contribution in [2.45, 2.75) is 116 Å². The van der Waals surface area contributed by atoms with Crippen LogP contribution in [0, 0.1) is 0 Å². The van der Waals surface area contributed by atoms with Gasteiger partial charge in [0.05, 0.1) is 12.2 Å². The van der Waals surface area contributed by atoms with E-state index in [1.54, 1.807) is 0 Å². The lowest BCUT2D eigenvalue weighted by Crippen LogP contribution is -2.39. The largest absolute Gasteiger partial charge is 0.371 e. The van der Waals surface area contributed by atoms with Crippen LogP contribution in [-0.2, 0) is 14.3 Å². The standard InChI is InChI=1S/C38H62N4O3/c1-4-7-8-9-10-11-12-13-14-15-16-17-18-19-20-21-22-23-24-25-37(43)41-28-26-40-27-29-42-38(44)33-30-34(39)32-36(31-33)45-35(5-2)6-3/h7-8,10-11,13-14,16-17,19-20,22-23,31,34-36,40H,4-6,9,12,15,18,21,24-30,32,39H2,1-3H3,(H,41,43)(H,42,44)/b8-7-,11-10-,14-13-,17-16-,20-19-,23-22-. The molecular weight excluding hydrogens is 560 g/mol. The monoisotopic (exact) mass is 622 g/mol. The fourth-order valence-electron chi connectivity index (χ4n) is 4.75. The van der Waals surface area contributed by atoms with E-state index in [1.807, 2.05) is 6.08 Å². The van der Waals surface area contributed by atoms with Gasteiger partial charge in [0.1, 0.15) is 0 Å². The van der Waals surface area contributed by atoms with Crippen molar-refractivity contribution in [1.82, 2.24) is 16.0 Å². The second-order valence-corrected chi connectivity index (χ2v) is 11.3. The summed E-state index contributed by atoms with van der Waals surface area (Å²) in [6, 6.07) is -0.0590. The molecule has 2 atom stereocenters. The number of carbonyl (C=O) groups excluding carboxylic acids is 2. The van der Waals surface area contributed by atoms with Gasteiger partial charge in [-0.25, -0.2) is 0 Å². The Hall–Kier alpha value is -3.00. The maximum Gasteiger partial charge on any atom is 0.247 e. The van der Waals surface area contributed by atoms with Gasteiger partial charge >= 0.3 is 0 Å². The highest BCUT2D eigenvalue weighted by Crippen LogP contribution is 2.22. The minimum Gasteiger partial charge on any atom is -0.371 e. The maximum absolute atomic E-state index is 12.6. The molecule has 0 aliphatic heterocycles. The molecule has 1 rings (SSSR count). The van der Waals surface area contributed by atoms with Crippen molar-refractivity contribution in [3.8, 4) is 0 Å². The molecule has 0 fully saturated rings. The lowest BCUT2D eigenvalue weighted by atomic mass is 9.92. The Morgan fingerprint density at radius 1 is 0.778 bits per heavy atom. The van der Waals surface area contributed by atoms with E-state index in [2.05, 4.69) is 110 Å². The Labute approximate surface area is 274 Å². The first kappa shape index (κ1) is 40.0. The van der Waals surface area contributed by atoms with E-state index in [0.717, 1.165) is 64.2 Å². The Morgan fingerprint density at radius 2 is 1.29 bits per heavy atom. The van der Waals surface area contributed by atoms with Crippen LogP contribution in [-0.4, -0.2) is 56.2 Å². The molecule has 0 radical (unpaired) electrons. The van der Waals surface area contributed by atoms with Crippen LogP contribution in [0.25, 0.3) is 0 Å². The number of hydrogen-bond donors (Lipinski definition) is 4. The molecule has 2 amide bonds. The SMILES string of the molecule is CC/C=C\C/C=C\C/C=C\C/C=C\C/C=C\C/C=C\CCC(=O)NCCNCCNC(=O)C1=CC(OC(CC)CC)CC(N)C1. The molecule has 5 N–H and O–H groups in total. The summed E-state index contributed by atoms with van der Waals surface area (Å²) in [6.45, 7) is 8.74. The zero-order valence-corrected chi connectivity index (χ0v) is 28.4. The first-order chi connectivity index (χ1) is 22.0. The number of nitrogens with two attached hydrogens (primary N) is 1. The summed E-state index contributed by atoms with van der Waals surface area (Å²) in [4.78, 5) is 24.7. The van der Waals surface area contributed by atoms with Gasteiger partial charge in [0.2, 0.25) is 11.8 Å². The minimum absolute atomic E-state index is 0.0513. The Balaban J connectivity index is 2.02. The molecule has 0 aromatic rings. The van der Waals surface area contributed by atoms with Gasteiger partial charge in [-0.05, 0) is 76.7 Å². The van der Waals surface area contributed by atoms with E-state index < -0.39 is 0 Å². The van der Waals surface area contributed by atoms with E-state index >= 15 is 0 Å². The zero-order valence-electron chi connectivity index (χ0n) is 28.4. The molecule has 1 aliphatic carbocycles. The molecule has 0 saturated heterocycles. The number of carbonyl (C=O) groups is 2. The fourth-order valence-corrected chi connectivity index (χ4v) is 4.75. The van der Waals surface area contributed by atoms with E-state index in [0.29, 0.717) is 44.6 Å². The smallest absolute Gasteiger partial charge is 0.247 e. The van der Waals surface area contributed by atoms with Gasteiger partial charge in [-0.2, -0.15) is 0 Å². The van der Waals surface area contributed by atoms with E-state index in [1.165, 1.54) is 0 Å². The average Bonchev–Trinajstić information content (AvgIpc) is 3.03. The molecule has 252 valence electrons. The van der Waals surface area contributed by atoms with E-state index in [-0.39, 0.29) is 30.1 Å². The van der Waals surface area contributed by atoms with E-state index in [9.17, 15) is 9.59 Å². The van der Waals surface area contributed by atoms with Crippen LogP contribution in [0.2, 0.25) is 0 Å². The maximum atomic E-state index is 12.6. The lowest BCUT2D eigenvalue weighted by Gasteiger charge is -2.28. The topological polar surface area (TPSA) is 105 Å². The van der Waals surface area contributed by atoms with Crippen molar-refractivity contribution in [2.75, 3.05) is 26.2 Å². The van der Waals surface area contributed by atoms with Crippen molar-refractivity contribution < 1.29 is 14.3 Å². The third-order valence-corrected chi connectivity index (χ3v) is 7.32. The molecule has 45 heavy (non-hydrogen) atoms. The van der Waals surface area contributed by atoms with Gasteiger partial charge in [-0.3, -0.25) is 9.59 Å². The van der Waals surface area contributed by atoms with Crippen molar-refractivity contribution in [3.05, 3.63) is 84.6 Å². The van der Waals surface area contributed by atoms with Crippen molar-refractivity contribution in [1.29, 1.82) is 0 Å². The molecule has 0 saturated carbocycles. The highest BCUT2D eigenvalue weighted by Gasteiger charge is 2.25. The summed E-state index contributed by atoms with van der Waals surface area (Å²) >= 11 is 0. The summed E-state index contributed by atoms with van der Waals surface area (Å²) < 4.78 is 6.12. The summed E-state index contributed by atoms with van der Waals surface area (Å²) in [5.74, 6) is -0.0248. The molecule has 0 heterocycles. The van der Waals surface area contributed by atoms with Gasteiger partial charge in [0.25, 0.3) is 0 Å². The predicted octanol–water partition coefficient (Wildman–Crippen LogP) is 6.91. The van der Waals surface area contributed by atoms with Gasteiger partial charge in [-0.15, -0.1) is 0 Å². The second-order valence-electron chi connectivity index (χ2n) is 11.3. The van der Waals surface area contributed by atoms with Gasteiger partial charge in [-0.1, -0.05) is 93.7 Å². The molecule has 1 aliphatic rings. The van der Waals surface area contributed by atoms with Gasteiger partial charge < -0.3 is 26.4 Å². The van der Waals surface area contributed by atoms with Crippen LogP contribution >= 0.6 is 0 Å². The first-order valence-electron chi connectivity index (χ1n) is 17.3. The number of hydrogen-bond acceptors (Lipinski definition) is 5. The normalized spacial score (nSPS) is 17.7. The number of rotatable bonds is 25. The van der Waals surface area contributed by atoms with Crippen molar-refractivity contribution in [2.24, 2.45) is 5.73 Å². The van der Waals surface area contributed by atoms with E-state index in [4.69, 9.17) is 10.5 Å². The number of allylic oxidation sites excluding steroid dienone is 12. The van der Waals surface area contributed by atoms with Crippen LogP contribution < -0.4 is 21.7 Å². The Bertz CT molecular complexity index is 989. The lowest BCUT2D eigenvalue weighted by molar-refractivity contribution is -0.121. The van der Waals surface area contributed by atoms with Crippen LogP contribution in [0.1, 0.15) is 97.8 Å². The van der Waals surface area contributed by atoms with Crippen LogP contribution in [0.15, 0.2) is 84.6 Å². The highest BCUT2D eigenvalue weighted by atomic mass is 16.5. The van der Waals surface area contributed by atoms with Crippen LogP contribution in [0.4, 0.5) is 0 Å². The zero-order chi connectivity index (χ0) is 32.8. The number of nitrogens with one attached hydrogen (secondary N) is 3. The fraction of sp³-hybridized carbons (Fsp3) is 0.579. The molecule has 0 aromatic heterocycles. The number of ether oxygens (including phenoxy) is 1. The summed E-state index contributed by atoms with van der Waals surface area (Å²) in [7, 11) is 0. The van der Waals surface area contributed by atoms with Gasteiger partial charge in [0, 0.05) is 44.2 Å². The Kier molecular flexibility index (Phi) is 25.3. The molecule has 7 nitrogen and oxygen atoms in total. The van der Waals surface area contributed by atoms with Crippen LogP contribution in [0.5, 0.6) is 0 Å². The predicted molar refractivity (Wildman–Crippen MR) is 191 cm³/mol. The Morgan fingerprint density at radius 3 is 1.82 bits per heavy atom. The average molecular weight is 623 g/mol. The number of amides is 2. The summed E-state index contributed by atoms with van der Waals surface area (Å²) in [5.41, 5.74) is 6.90. The quantitative estimate of drug-likeness (QED) is 0.0654. The molecule has 0 spiro atoms. The summed E-state index contributed by atoms with van der Waals surface area (Å²) in [5, 5.41) is 9.15. The summed E-state index contributed by atoms with van der Waals surface area (Å²) in [6.07, 6.45) is 38.5. The van der Waals surface area contributed by atoms with Crippen molar-refractivity contribution in [3.63, 3.8) is 0 Å². The minimum atomic E-state index is -0.0967. The second kappa shape index (κ2) is 28.5. The molecule has 0 aromatic carbocycles. The third kappa shape index (κ3) is 23.1. The first-order valence-corrected chi connectivity index (χ1v) is 17.3. The van der Waals surface area contributed by atoms with Gasteiger partial charge in [0.15, 0.2) is 0 Å². The molecule has 7 heteroatoms. The van der Waals surface area contributed by atoms with Crippen LogP contribution in [0.3, 0.4) is 0 Å². The molecular formula is C38H62N4O3. The third-order valence-electron chi connectivity index (χ3n) is 7.32. The van der Waals surface area contributed by atoms with Crippen molar-refractivity contribution >= 4 is 11.8 Å². The highest BCUT2D eigenvalue weighted by molar-refractivity contribution is 5.93. The molecule has 0 bridgehead atoms. The molecule has 2 unspecified atom stereocenters.